The molecule has 0 amide bonds. The number of rotatable bonds is 7. The zero-order valence-corrected chi connectivity index (χ0v) is 17.8. The third-order valence-electron chi connectivity index (χ3n) is 5.82. The van der Waals surface area contributed by atoms with Crippen molar-refractivity contribution >= 4 is 5.97 Å². The van der Waals surface area contributed by atoms with Gasteiger partial charge < -0.3 is 23.8 Å². The minimum atomic E-state index is -0.413. The van der Waals surface area contributed by atoms with E-state index in [0.717, 1.165) is 19.3 Å². The lowest BCUT2D eigenvalue weighted by Crippen LogP contribution is -2.52. The van der Waals surface area contributed by atoms with E-state index in [1.165, 1.54) is 32.5 Å². The predicted molar refractivity (Wildman–Crippen MR) is 111 cm³/mol. The Labute approximate surface area is 172 Å². The number of hydrogen-bond donors (Lipinski definition) is 0. The zero-order valence-electron chi connectivity index (χ0n) is 17.8. The quantitative estimate of drug-likeness (QED) is 0.666. The molecule has 1 unspecified atom stereocenters. The average Bonchev–Trinajstić information content (AvgIpc) is 2.75. The summed E-state index contributed by atoms with van der Waals surface area (Å²) in [5, 5.41) is 0. The van der Waals surface area contributed by atoms with Crippen molar-refractivity contribution in [3.63, 3.8) is 0 Å². The Morgan fingerprint density at radius 2 is 1.62 bits per heavy atom. The Balaban J connectivity index is 1.80. The fourth-order valence-electron chi connectivity index (χ4n) is 3.90. The second-order valence-corrected chi connectivity index (χ2v) is 7.55. The van der Waals surface area contributed by atoms with E-state index in [9.17, 15) is 4.79 Å². The van der Waals surface area contributed by atoms with Crippen LogP contribution < -0.4 is 14.2 Å². The molecule has 6 nitrogen and oxygen atoms in total. The number of likely N-dealkylation sites (N-methyl/N-ethyl adjacent to an activating group) is 1. The van der Waals surface area contributed by atoms with E-state index in [2.05, 4.69) is 29.2 Å². The summed E-state index contributed by atoms with van der Waals surface area (Å²) in [6, 6.07) is 11.7. The van der Waals surface area contributed by atoms with Gasteiger partial charge in [0.25, 0.3) is 0 Å². The van der Waals surface area contributed by atoms with Crippen LogP contribution in [0.5, 0.6) is 17.2 Å². The van der Waals surface area contributed by atoms with E-state index < -0.39 is 5.97 Å². The van der Waals surface area contributed by atoms with E-state index >= 15 is 0 Å². The molecule has 2 aromatic rings. The summed E-state index contributed by atoms with van der Waals surface area (Å²) in [5.74, 6) is 0.880. The number of aryl methyl sites for hydroxylation is 1. The summed E-state index contributed by atoms with van der Waals surface area (Å²) in [6.45, 7) is 0.309. The molecule has 2 aromatic carbocycles. The first-order valence-corrected chi connectivity index (χ1v) is 9.65. The smallest absolute Gasteiger partial charge is 0.338 e. The minimum Gasteiger partial charge on any atom is -0.493 e. The molecule has 0 saturated carbocycles. The van der Waals surface area contributed by atoms with E-state index in [4.69, 9.17) is 18.9 Å². The summed E-state index contributed by atoms with van der Waals surface area (Å²) in [7, 11) is 8.66. The van der Waals surface area contributed by atoms with Crippen LogP contribution >= 0.6 is 0 Å². The van der Waals surface area contributed by atoms with Crippen molar-refractivity contribution in [2.75, 3.05) is 42.0 Å². The molecule has 6 heteroatoms. The Morgan fingerprint density at radius 1 is 1.00 bits per heavy atom. The number of nitrogens with zero attached hydrogens (tertiary/aromatic N) is 1. The molecular formula is C23H29NO5. The SMILES string of the molecule is COc1cc(C(=O)OCC2(N(C)C)CCc3ccccc3C2)cc(OC)c1OC. The molecular weight excluding hydrogens is 370 g/mol. The molecule has 29 heavy (non-hydrogen) atoms. The summed E-state index contributed by atoms with van der Waals surface area (Å²) in [6.07, 6.45) is 2.74. The van der Waals surface area contributed by atoms with Crippen molar-refractivity contribution in [1.29, 1.82) is 0 Å². The van der Waals surface area contributed by atoms with Crippen LogP contribution in [-0.2, 0) is 17.6 Å². The maximum absolute atomic E-state index is 12.8. The van der Waals surface area contributed by atoms with Gasteiger partial charge in [0.15, 0.2) is 11.5 Å². The normalized spacial score (nSPS) is 18.1. The van der Waals surface area contributed by atoms with Gasteiger partial charge in [-0.1, -0.05) is 24.3 Å². The standard InChI is InChI=1S/C23H29NO5/c1-24(2)23(11-10-16-8-6-7-9-17(16)14-23)15-29-22(25)18-12-19(26-3)21(28-5)20(13-18)27-4/h6-9,12-13H,10-11,14-15H2,1-5H3. The summed E-state index contributed by atoms with van der Waals surface area (Å²) < 4.78 is 21.8. The second kappa shape index (κ2) is 8.74. The van der Waals surface area contributed by atoms with Crippen LogP contribution in [0.3, 0.4) is 0 Å². The number of fused-ring (bicyclic) bond motifs is 1. The van der Waals surface area contributed by atoms with Gasteiger partial charge in [0.1, 0.15) is 6.61 Å². The first-order valence-electron chi connectivity index (χ1n) is 9.65. The lowest BCUT2D eigenvalue weighted by atomic mass is 9.77. The largest absolute Gasteiger partial charge is 0.493 e. The number of benzene rings is 2. The highest BCUT2D eigenvalue weighted by molar-refractivity contribution is 5.91. The predicted octanol–water partition coefficient (Wildman–Crippen LogP) is 3.36. The first kappa shape index (κ1) is 21.0. The third kappa shape index (κ3) is 4.17. The van der Waals surface area contributed by atoms with Crippen molar-refractivity contribution in [2.45, 2.75) is 24.8 Å². The fourth-order valence-corrected chi connectivity index (χ4v) is 3.90. The summed E-state index contributed by atoms with van der Waals surface area (Å²) in [4.78, 5) is 15.0. The minimum absolute atomic E-state index is 0.231. The molecule has 3 rings (SSSR count). The maximum Gasteiger partial charge on any atom is 0.338 e. The van der Waals surface area contributed by atoms with Gasteiger partial charge >= 0.3 is 5.97 Å². The molecule has 0 aliphatic heterocycles. The van der Waals surface area contributed by atoms with Gasteiger partial charge in [-0.15, -0.1) is 0 Å². The highest BCUT2D eigenvalue weighted by Gasteiger charge is 2.38. The summed E-state index contributed by atoms with van der Waals surface area (Å²) in [5.41, 5.74) is 2.83. The molecule has 1 atom stereocenters. The van der Waals surface area contributed by atoms with Crippen molar-refractivity contribution in [1.82, 2.24) is 4.90 Å². The van der Waals surface area contributed by atoms with Crippen LogP contribution in [-0.4, -0.2) is 58.4 Å². The summed E-state index contributed by atoms with van der Waals surface area (Å²) >= 11 is 0. The van der Waals surface area contributed by atoms with Crippen molar-refractivity contribution in [3.05, 3.63) is 53.1 Å². The number of methoxy groups -OCH3 is 3. The Kier molecular flexibility index (Phi) is 6.33. The van der Waals surface area contributed by atoms with E-state index in [1.54, 1.807) is 12.1 Å². The van der Waals surface area contributed by atoms with Crippen molar-refractivity contribution in [3.8, 4) is 17.2 Å². The van der Waals surface area contributed by atoms with Crippen molar-refractivity contribution in [2.24, 2.45) is 0 Å². The van der Waals surface area contributed by atoms with Crippen LogP contribution in [0.25, 0.3) is 0 Å². The topological polar surface area (TPSA) is 57.2 Å². The van der Waals surface area contributed by atoms with Gasteiger partial charge in [-0.25, -0.2) is 4.79 Å². The molecule has 1 aliphatic rings. The molecule has 0 bridgehead atoms. The maximum atomic E-state index is 12.8. The highest BCUT2D eigenvalue weighted by atomic mass is 16.5. The van der Waals surface area contributed by atoms with Crippen LogP contribution in [0.2, 0.25) is 0 Å². The molecule has 0 radical (unpaired) electrons. The van der Waals surface area contributed by atoms with Gasteiger partial charge in [-0.3, -0.25) is 0 Å². The molecule has 0 fully saturated rings. The number of carbonyl (C=O) groups is 1. The van der Waals surface area contributed by atoms with Crippen molar-refractivity contribution < 1.29 is 23.7 Å². The average molecular weight is 399 g/mol. The van der Waals surface area contributed by atoms with E-state index in [-0.39, 0.29) is 5.54 Å². The molecule has 0 aromatic heterocycles. The molecule has 0 spiro atoms. The lowest BCUT2D eigenvalue weighted by molar-refractivity contribution is 0.00995. The lowest BCUT2D eigenvalue weighted by Gasteiger charge is -2.43. The number of carbonyl (C=O) groups excluding carboxylic acids is 1. The zero-order chi connectivity index (χ0) is 21.0. The second-order valence-electron chi connectivity index (χ2n) is 7.55. The monoisotopic (exact) mass is 399 g/mol. The highest BCUT2D eigenvalue weighted by Crippen LogP contribution is 2.38. The van der Waals surface area contributed by atoms with Gasteiger partial charge in [0, 0.05) is 0 Å². The number of hydrogen-bond acceptors (Lipinski definition) is 6. The molecule has 1 aliphatic carbocycles. The Bertz CT molecular complexity index is 854. The van der Waals surface area contributed by atoms with Gasteiger partial charge in [0.2, 0.25) is 5.75 Å². The van der Waals surface area contributed by atoms with E-state index in [0.29, 0.717) is 29.4 Å². The van der Waals surface area contributed by atoms with Gasteiger partial charge in [-0.05, 0) is 56.6 Å². The molecule has 156 valence electrons. The first-order chi connectivity index (χ1) is 13.9. The Hall–Kier alpha value is -2.73. The third-order valence-corrected chi connectivity index (χ3v) is 5.82. The van der Waals surface area contributed by atoms with Crippen LogP contribution in [0, 0.1) is 0 Å². The number of ether oxygens (including phenoxy) is 4. The molecule has 0 N–H and O–H groups in total. The molecule has 0 saturated heterocycles. The van der Waals surface area contributed by atoms with E-state index in [1.807, 2.05) is 14.1 Å². The van der Waals surface area contributed by atoms with Crippen LogP contribution in [0.1, 0.15) is 27.9 Å². The Morgan fingerprint density at radius 3 is 2.17 bits per heavy atom. The van der Waals surface area contributed by atoms with Crippen LogP contribution in [0.4, 0.5) is 0 Å². The van der Waals surface area contributed by atoms with Crippen LogP contribution in [0.15, 0.2) is 36.4 Å². The fraction of sp³-hybridized carbons (Fsp3) is 0.435. The molecule has 0 heterocycles. The number of esters is 1. The van der Waals surface area contributed by atoms with Gasteiger partial charge in [-0.2, -0.15) is 0 Å². The van der Waals surface area contributed by atoms with Gasteiger partial charge in [0.05, 0.1) is 32.4 Å².